The summed E-state index contributed by atoms with van der Waals surface area (Å²) in [5.74, 6) is -0.201. The number of hydrogen-bond acceptors (Lipinski definition) is 13. The predicted octanol–water partition coefficient (Wildman–Crippen LogP) is 14.2. The molecule has 0 saturated carbocycles. The van der Waals surface area contributed by atoms with Crippen molar-refractivity contribution in [1.82, 2.24) is 5.32 Å². The largest absolute Gasteiger partial charge is 0.394 e. The Hall–Kier alpha value is -1.27. The Labute approximate surface area is 507 Å². The highest BCUT2D eigenvalue weighted by atomic mass is 16.7. The molecule has 0 radical (unpaired) electrons. The van der Waals surface area contributed by atoms with Gasteiger partial charge in [-0.2, -0.15) is 0 Å². The summed E-state index contributed by atoms with van der Waals surface area (Å²) in [4.78, 5) is 13.3. The number of amides is 1. The maximum atomic E-state index is 13.3. The zero-order chi connectivity index (χ0) is 60.2. The van der Waals surface area contributed by atoms with Crippen molar-refractivity contribution < 1.29 is 64.6 Å². The van der Waals surface area contributed by atoms with Gasteiger partial charge in [-0.3, -0.25) is 4.79 Å². The van der Waals surface area contributed by atoms with Crippen molar-refractivity contribution >= 4 is 5.91 Å². The standard InChI is InChI=1S/C69H133NO13/c1-3-5-7-9-11-13-15-17-19-21-23-25-27-28-29-31-32-34-36-38-40-42-44-46-48-50-52-58(73)57(56-80-68-66(79)64(77)67(60(55-72)82-68)83-69-65(78)63(76)62(75)59(54-71)81-69)70-61(74)53-51-49-47-45-43-41-39-37-35-33-30-26-24-22-20-18-16-14-12-10-8-6-4-2/h22,24,57-60,62-69,71-73,75-79H,3-21,23,25-56H2,1-2H3,(H,70,74)/b24-22-. The molecule has 2 heterocycles. The Morgan fingerprint density at radius 3 is 1.14 bits per heavy atom. The summed E-state index contributed by atoms with van der Waals surface area (Å²) >= 11 is 0. The van der Waals surface area contributed by atoms with E-state index in [4.69, 9.17) is 18.9 Å². The maximum absolute atomic E-state index is 13.3. The van der Waals surface area contributed by atoms with Gasteiger partial charge in [0.15, 0.2) is 12.6 Å². The van der Waals surface area contributed by atoms with Gasteiger partial charge in [-0.25, -0.2) is 0 Å². The molecule has 0 spiro atoms. The van der Waals surface area contributed by atoms with Gasteiger partial charge < -0.3 is 65.1 Å². The molecule has 2 aliphatic rings. The van der Waals surface area contributed by atoms with Crippen LogP contribution in [0.3, 0.4) is 0 Å². The normalized spacial score (nSPS) is 23.8. The Morgan fingerprint density at radius 2 is 0.759 bits per heavy atom. The lowest BCUT2D eigenvalue weighted by Gasteiger charge is -2.46. The molecule has 0 bridgehead atoms. The van der Waals surface area contributed by atoms with Crippen molar-refractivity contribution in [1.29, 1.82) is 0 Å². The number of hydrogen-bond donors (Lipinski definition) is 9. The van der Waals surface area contributed by atoms with Gasteiger partial charge in [0, 0.05) is 6.42 Å². The molecule has 2 saturated heterocycles. The van der Waals surface area contributed by atoms with Crippen LogP contribution < -0.4 is 5.32 Å². The monoisotopic (exact) mass is 1180 g/mol. The van der Waals surface area contributed by atoms with Crippen molar-refractivity contribution in [3.63, 3.8) is 0 Å². The fourth-order valence-electron chi connectivity index (χ4n) is 12.1. The molecule has 14 nitrogen and oxygen atoms in total. The number of ether oxygens (including phenoxy) is 4. The van der Waals surface area contributed by atoms with Crippen LogP contribution in [-0.2, 0) is 23.7 Å². The van der Waals surface area contributed by atoms with Crippen molar-refractivity contribution in [2.75, 3.05) is 19.8 Å². The quantitative estimate of drug-likeness (QED) is 0.0204. The summed E-state index contributed by atoms with van der Waals surface area (Å²) in [5, 5.41) is 87.6. The Morgan fingerprint density at radius 1 is 0.422 bits per heavy atom. The molecular formula is C69H133NO13. The molecule has 2 fully saturated rings. The van der Waals surface area contributed by atoms with E-state index >= 15 is 0 Å². The van der Waals surface area contributed by atoms with Gasteiger partial charge in [-0.05, 0) is 38.5 Å². The van der Waals surface area contributed by atoms with E-state index in [0.717, 1.165) is 51.4 Å². The summed E-state index contributed by atoms with van der Waals surface area (Å²) in [6.07, 6.45) is 49.4. The number of nitrogens with one attached hydrogen (secondary N) is 1. The molecule has 83 heavy (non-hydrogen) atoms. The third-order valence-electron chi connectivity index (χ3n) is 17.7. The third-order valence-corrected chi connectivity index (χ3v) is 17.7. The van der Waals surface area contributed by atoms with E-state index in [0.29, 0.717) is 12.8 Å². The molecule has 12 unspecified atom stereocenters. The minimum atomic E-state index is -1.78. The first-order valence-corrected chi connectivity index (χ1v) is 35.4. The average Bonchev–Trinajstić information content (AvgIpc) is 3.64. The molecule has 1 amide bonds. The van der Waals surface area contributed by atoms with Gasteiger partial charge in [0.25, 0.3) is 0 Å². The highest BCUT2D eigenvalue weighted by Gasteiger charge is 2.51. The number of rotatable bonds is 59. The van der Waals surface area contributed by atoms with E-state index < -0.39 is 86.8 Å². The summed E-state index contributed by atoms with van der Waals surface area (Å²) in [5.41, 5.74) is 0. The van der Waals surface area contributed by atoms with E-state index in [1.165, 1.54) is 250 Å². The molecule has 0 aromatic carbocycles. The third kappa shape index (κ3) is 39.4. The molecule has 2 rings (SSSR count). The fraction of sp³-hybridized carbons (Fsp3) is 0.957. The van der Waals surface area contributed by atoms with Crippen LogP contribution in [-0.4, -0.2) is 140 Å². The topological polar surface area (TPSA) is 228 Å². The Bertz CT molecular complexity index is 1440. The predicted molar refractivity (Wildman–Crippen MR) is 337 cm³/mol. The zero-order valence-corrected chi connectivity index (χ0v) is 53.5. The number of carbonyl (C=O) groups excluding carboxylic acids is 1. The van der Waals surface area contributed by atoms with Gasteiger partial charge in [0.05, 0.1) is 32.0 Å². The minimum absolute atomic E-state index is 0.201. The fourth-order valence-corrected chi connectivity index (χ4v) is 12.1. The van der Waals surface area contributed by atoms with E-state index in [1.807, 2.05) is 0 Å². The highest BCUT2D eigenvalue weighted by Crippen LogP contribution is 2.30. The summed E-state index contributed by atoms with van der Waals surface area (Å²) in [7, 11) is 0. The molecule has 12 atom stereocenters. The van der Waals surface area contributed by atoms with E-state index in [2.05, 4.69) is 31.3 Å². The van der Waals surface area contributed by atoms with Crippen LogP contribution in [0, 0.1) is 0 Å². The maximum Gasteiger partial charge on any atom is 0.220 e. The SMILES string of the molecule is CCCCCCCCCC/C=C\CCCCCCCCCCCCCC(=O)NC(COC1OC(CO)C(OC2OC(CO)C(O)C(O)C2O)C(O)C1O)C(O)CCCCCCCCCCCCCCCCCCCCCCCCCCCC. The molecule has 0 aromatic rings. The van der Waals surface area contributed by atoms with Crippen LogP contribution in [0.4, 0.5) is 0 Å². The first kappa shape index (κ1) is 77.8. The van der Waals surface area contributed by atoms with Gasteiger partial charge in [0.2, 0.25) is 5.91 Å². The molecule has 0 aliphatic carbocycles. The van der Waals surface area contributed by atoms with Gasteiger partial charge in [0.1, 0.15) is 48.8 Å². The number of allylic oxidation sites excluding steroid dienone is 2. The van der Waals surface area contributed by atoms with Crippen molar-refractivity contribution in [2.24, 2.45) is 0 Å². The molecule has 0 aromatic heterocycles. The van der Waals surface area contributed by atoms with E-state index in [1.54, 1.807) is 0 Å². The van der Waals surface area contributed by atoms with Crippen LogP contribution in [0.25, 0.3) is 0 Å². The van der Waals surface area contributed by atoms with Crippen molar-refractivity contribution in [2.45, 2.75) is 402 Å². The lowest BCUT2D eigenvalue weighted by Crippen LogP contribution is -2.65. The van der Waals surface area contributed by atoms with Gasteiger partial charge >= 0.3 is 0 Å². The van der Waals surface area contributed by atoms with Gasteiger partial charge in [-0.1, -0.05) is 296 Å². The average molecular weight is 1180 g/mol. The molecule has 2 aliphatic heterocycles. The van der Waals surface area contributed by atoms with Crippen LogP contribution >= 0.6 is 0 Å². The van der Waals surface area contributed by atoms with Crippen molar-refractivity contribution in [3.8, 4) is 0 Å². The molecule has 9 N–H and O–H groups in total. The van der Waals surface area contributed by atoms with E-state index in [-0.39, 0.29) is 12.5 Å². The lowest BCUT2D eigenvalue weighted by molar-refractivity contribution is -0.359. The number of aliphatic hydroxyl groups excluding tert-OH is 8. The summed E-state index contributed by atoms with van der Waals surface area (Å²) < 4.78 is 22.9. The molecule has 492 valence electrons. The van der Waals surface area contributed by atoms with Gasteiger partial charge in [-0.15, -0.1) is 0 Å². The van der Waals surface area contributed by atoms with E-state index in [9.17, 15) is 45.6 Å². The summed E-state index contributed by atoms with van der Waals surface area (Å²) in [6.45, 7) is 2.92. The first-order chi connectivity index (χ1) is 40.6. The number of aliphatic hydroxyl groups is 8. The second-order valence-corrected chi connectivity index (χ2v) is 25.4. The van der Waals surface area contributed by atoms with Crippen LogP contribution in [0.1, 0.15) is 328 Å². The lowest BCUT2D eigenvalue weighted by atomic mass is 9.97. The highest BCUT2D eigenvalue weighted by molar-refractivity contribution is 5.76. The Kier molecular flexibility index (Phi) is 51.4. The number of unbranched alkanes of at least 4 members (excludes halogenated alkanes) is 44. The van der Waals surface area contributed by atoms with Crippen LogP contribution in [0.2, 0.25) is 0 Å². The van der Waals surface area contributed by atoms with Crippen LogP contribution in [0.5, 0.6) is 0 Å². The second-order valence-electron chi connectivity index (χ2n) is 25.4. The minimum Gasteiger partial charge on any atom is -0.394 e. The van der Waals surface area contributed by atoms with Crippen LogP contribution in [0.15, 0.2) is 12.2 Å². The number of carbonyl (C=O) groups is 1. The zero-order valence-electron chi connectivity index (χ0n) is 53.5. The van der Waals surface area contributed by atoms with Crippen molar-refractivity contribution in [3.05, 3.63) is 12.2 Å². The smallest absolute Gasteiger partial charge is 0.220 e. The summed E-state index contributed by atoms with van der Waals surface area (Å²) in [6, 6.07) is -0.827. The molecular weight excluding hydrogens is 1050 g/mol. The molecule has 14 heteroatoms. The second kappa shape index (κ2) is 54.8. The Balaban J connectivity index is 1.67. The first-order valence-electron chi connectivity index (χ1n) is 35.4.